The molecule has 1 atom stereocenters. The quantitative estimate of drug-likeness (QED) is 0.818. The molecule has 0 bridgehead atoms. The van der Waals surface area contributed by atoms with Crippen molar-refractivity contribution in [3.8, 4) is 0 Å². The van der Waals surface area contributed by atoms with Gasteiger partial charge in [-0.05, 0) is 44.3 Å². The first-order valence-corrected chi connectivity index (χ1v) is 6.84. The Balaban J connectivity index is 1.50. The van der Waals surface area contributed by atoms with Crippen LogP contribution in [-0.4, -0.2) is 46.7 Å². The van der Waals surface area contributed by atoms with Gasteiger partial charge in [0.15, 0.2) is 0 Å². The van der Waals surface area contributed by atoms with E-state index in [4.69, 9.17) is 0 Å². The van der Waals surface area contributed by atoms with E-state index in [9.17, 15) is 4.79 Å². The number of aromatic nitrogens is 2. The first-order valence-electron chi connectivity index (χ1n) is 6.84. The lowest BCUT2D eigenvalue weighted by Crippen LogP contribution is -2.43. The van der Waals surface area contributed by atoms with E-state index in [1.807, 2.05) is 6.20 Å². The van der Waals surface area contributed by atoms with Crippen molar-refractivity contribution in [2.75, 3.05) is 19.6 Å². The van der Waals surface area contributed by atoms with E-state index in [-0.39, 0.29) is 11.9 Å². The van der Waals surface area contributed by atoms with Crippen molar-refractivity contribution in [2.45, 2.75) is 38.1 Å². The third kappa shape index (κ3) is 2.56. The Hall–Kier alpha value is -1.36. The summed E-state index contributed by atoms with van der Waals surface area (Å²) >= 11 is 0. The lowest BCUT2D eigenvalue weighted by atomic mass is 9.94. The van der Waals surface area contributed by atoms with Crippen LogP contribution in [0, 0.1) is 0 Å². The van der Waals surface area contributed by atoms with Crippen molar-refractivity contribution in [3.05, 3.63) is 17.5 Å². The number of H-pyrrole nitrogens is 1. The average Bonchev–Trinajstić information content (AvgIpc) is 2.98. The van der Waals surface area contributed by atoms with Crippen molar-refractivity contribution in [3.63, 3.8) is 0 Å². The van der Waals surface area contributed by atoms with Gasteiger partial charge in [0.2, 0.25) is 5.91 Å². The van der Waals surface area contributed by atoms with Crippen molar-refractivity contribution in [1.82, 2.24) is 20.4 Å². The standard InChI is InChI=1S/C13H20N4O/c18-13(9-17-5-1-2-6-17)15-11-4-3-10-8-14-16-12(10)7-11/h8,11H,1-7,9H2,(H,14,16)(H,15,18)/t11-/m0/s1. The first kappa shape index (κ1) is 11.7. The molecule has 0 aromatic carbocycles. The first-order chi connectivity index (χ1) is 8.81. The van der Waals surface area contributed by atoms with Gasteiger partial charge in [0.25, 0.3) is 0 Å². The molecular formula is C13H20N4O. The van der Waals surface area contributed by atoms with E-state index in [1.54, 1.807) is 0 Å². The maximum absolute atomic E-state index is 11.9. The summed E-state index contributed by atoms with van der Waals surface area (Å²) in [5.41, 5.74) is 2.49. The summed E-state index contributed by atoms with van der Waals surface area (Å²) in [6, 6.07) is 0.271. The van der Waals surface area contributed by atoms with Crippen molar-refractivity contribution < 1.29 is 4.79 Å². The monoisotopic (exact) mass is 248 g/mol. The van der Waals surface area contributed by atoms with Crippen LogP contribution in [0.4, 0.5) is 0 Å². The molecule has 18 heavy (non-hydrogen) atoms. The largest absolute Gasteiger partial charge is 0.352 e. The molecule has 98 valence electrons. The van der Waals surface area contributed by atoms with Gasteiger partial charge < -0.3 is 5.32 Å². The van der Waals surface area contributed by atoms with Crippen LogP contribution in [0.5, 0.6) is 0 Å². The Bertz CT molecular complexity index is 422. The molecule has 2 heterocycles. The number of hydrogen-bond acceptors (Lipinski definition) is 3. The average molecular weight is 248 g/mol. The molecule has 1 aliphatic carbocycles. The molecule has 0 unspecified atom stereocenters. The van der Waals surface area contributed by atoms with E-state index in [0.29, 0.717) is 6.54 Å². The van der Waals surface area contributed by atoms with Crippen molar-refractivity contribution >= 4 is 5.91 Å². The van der Waals surface area contributed by atoms with Gasteiger partial charge in [-0.3, -0.25) is 14.8 Å². The molecule has 1 saturated heterocycles. The number of carbonyl (C=O) groups excluding carboxylic acids is 1. The van der Waals surface area contributed by atoms with Gasteiger partial charge in [-0.15, -0.1) is 0 Å². The molecule has 2 aliphatic rings. The van der Waals surface area contributed by atoms with Crippen LogP contribution in [0.3, 0.4) is 0 Å². The van der Waals surface area contributed by atoms with Crippen LogP contribution >= 0.6 is 0 Å². The zero-order valence-electron chi connectivity index (χ0n) is 10.6. The predicted molar refractivity (Wildman–Crippen MR) is 68.2 cm³/mol. The van der Waals surface area contributed by atoms with Crippen LogP contribution in [-0.2, 0) is 17.6 Å². The minimum Gasteiger partial charge on any atom is -0.352 e. The summed E-state index contributed by atoms with van der Waals surface area (Å²) in [6.45, 7) is 2.71. The maximum Gasteiger partial charge on any atom is 0.234 e. The SMILES string of the molecule is O=C(CN1CCCC1)N[C@H]1CCc2cn[nH]c2C1. The normalized spacial score (nSPS) is 23.9. The topological polar surface area (TPSA) is 61.0 Å². The van der Waals surface area contributed by atoms with Crippen molar-refractivity contribution in [2.24, 2.45) is 0 Å². The third-order valence-corrected chi connectivity index (χ3v) is 3.95. The Kier molecular flexibility index (Phi) is 3.32. The summed E-state index contributed by atoms with van der Waals surface area (Å²) in [5.74, 6) is 0.171. The van der Waals surface area contributed by atoms with E-state index in [1.165, 1.54) is 24.1 Å². The van der Waals surface area contributed by atoms with E-state index in [0.717, 1.165) is 32.4 Å². The minimum atomic E-state index is 0.171. The van der Waals surface area contributed by atoms with Crippen LogP contribution in [0.2, 0.25) is 0 Å². The van der Waals surface area contributed by atoms with Crippen LogP contribution in [0.1, 0.15) is 30.5 Å². The molecule has 2 N–H and O–H groups in total. The highest BCUT2D eigenvalue weighted by atomic mass is 16.2. The van der Waals surface area contributed by atoms with E-state index in [2.05, 4.69) is 20.4 Å². The number of nitrogens with zero attached hydrogens (tertiary/aromatic N) is 2. The molecule has 1 fully saturated rings. The zero-order chi connectivity index (χ0) is 12.4. The Morgan fingerprint density at radius 2 is 2.33 bits per heavy atom. The molecule has 0 radical (unpaired) electrons. The van der Waals surface area contributed by atoms with Gasteiger partial charge in [-0.1, -0.05) is 0 Å². The molecule has 5 nitrogen and oxygen atoms in total. The minimum absolute atomic E-state index is 0.171. The second kappa shape index (κ2) is 5.10. The summed E-state index contributed by atoms with van der Waals surface area (Å²) in [7, 11) is 0. The summed E-state index contributed by atoms with van der Waals surface area (Å²) < 4.78 is 0. The molecule has 0 spiro atoms. The number of fused-ring (bicyclic) bond motifs is 1. The van der Waals surface area contributed by atoms with E-state index < -0.39 is 0 Å². The number of carbonyl (C=O) groups is 1. The third-order valence-electron chi connectivity index (χ3n) is 3.95. The fourth-order valence-corrected chi connectivity index (χ4v) is 2.95. The van der Waals surface area contributed by atoms with Crippen molar-refractivity contribution in [1.29, 1.82) is 0 Å². The highest BCUT2D eigenvalue weighted by molar-refractivity contribution is 5.78. The fraction of sp³-hybridized carbons (Fsp3) is 0.692. The van der Waals surface area contributed by atoms with Gasteiger partial charge in [-0.25, -0.2) is 0 Å². The number of hydrogen-bond donors (Lipinski definition) is 2. The van der Waals surface area contributed by atoms with E-state index >= 15 is 0 Å². The molecular weight excluding hydrogens is 228 g/mol. The number of likely N-dealkylation sites (tertiary alicyclic amines) is 1. The van der Waals surface area contributed by atoms with Gasteiger partial charge in [0.05, 0.1) is 12.7 Å². The smallest absolute Gasteiger partial charge is 0.234 e. The number of aromatic amines is 1. The van der Waals surface area contributed by atoms with Crippen LogP contribution < -0.4 is 5.32 Å². The molecule has 1 aliphatic heterocycles. The molecule has 1 amide bonds. The molecule has 3 rings (SSSR count). The fourth-order valence-electron chi connectivity index (χ4n) is 2.95. The summed E-state index contributed by atoms with van der Waals surface area (Å²) in [6.07, 6.45) is 7.29. The number of amides is 1. The highest BCUT2D eigenvalue weighted by Crippen LogP contribution is 2.18. The second-order valence-corrected chi connectivity index (χ2v) is 5.36. The van der Waals surface area contributed by atoms with Gasteiger partial charge in [0, 0.05) is 18.2 Å². The van der Waals surface area contributed by atoms with Gasteiger partial charge in [-0.2, -0.15) is 5.10 Å². The Labute approximate surface area is 107 Å². The maximum atomic E-state index is 11.9. The predicted octanol–water partition coefficient (Wildman–Crippen LogP) is 0.479. The molecule has 1 aromatic heterocycles. The van der Waals surface area contributed by atoms with Gasteiger partial charge in [0.1, 0.15) is 0 Å². The number of nitrogens with one attached hydrogen (secondary N) is 2. The van der Waals surface area contributed by atoms with Crippen LogP contribution in [0.25, 0.3) is 0 Å². The van der Waals surface area contributed by atoms with Crippen LogP contribution in [0.15, 0.2) is 6.20 Å². The number of aryl methyl sites for hydroxylation is 1. The lowest BCUT2D eigenvalue weighted by molar-refractivity contribution is -0.122. The van der Waals surface area contributed by atoms with Gasteiger partial charge >= 0.3 is 0 Å². The molecule has 5 heteroatoms. The molecule has 1 aromatic rings. The second-order valence-electron chi connectivity index (χ2n) is 5.36. The lowest BCUT2D eigenvalue weighted by Gasteiger charge is -2.24. The Morgan fingerprint density at radius 1 is 1.50 bits per heavy atom. The number of rotatable bonds is 3. The molecule has 0 saturated carbocycles. The summed E-state index contributed by atoms with van der Waals surface area (Å²) in [5, 5.41) is 10.2. The Morgan fingerprint density at radius 3 is 3.17 bits per heavy atom. The highest BCUT2D eigenvalue weighted by Gasteiger charge is 2.22. The zero-order valence-corrected chi connectivity index (χ0v) is 10.6. The summed E-state index contributed by atoms with van der Waals surface area (Å²) in [4.78, 5) is 14.2.